The van der Waals surface area contributed by atoms with E-state index in [9.17, 15) is 0 Å². The van der Waals surface area contributed by atoms with Crippen molar-refractivity contribution in [3.05, 3.63) is 0 Å². The van der Waals surface area contributed by atoms with Crippen LogP contribution in [0.3, 0.4) is 0 Å². The summed E-state index contributed by atoms with van der Waals surface area (Å²) < 4.78 is 5.97. The van der Waals surface area contributed by atoms with Crippen molar-refractivity contribution in [2.45, 2.75) is 72.4 Å². The van der Waals surface area contributed by atoms with Gasteiger partial charge >= 0.3 is 0 Å². The van der Waals surface area contributed by atoms with Gasteiger partial charge in [0.2, 0.25) is 0 Å². The van der Waals surface area contributed by atoms with Gasteiger partial charge < -0.3 is 10.1 Å². The fraction of sp³-hybridized carbons (Fsp3) is 1.00. The molecule has 17 heavy (non-hydrogen) atoms. The zero-order valence-corrected chi connectivity index (χ0v) is 12.4. The van der Waals surface area contributed by atoms with Crippen molar-refractivity contribution in [2.75, 3.05) is 13.2 Å². The maximum absolute atomic E-state index is 5.97. The van der Waals surface area contributed by atoms with Crippen molar-refractivity contribution < 1.29 is 4.74 Å². The van der Waals surface area contributed by atoms with Gasteiger partial charge in [0, 0.05) is 18.1 Å². The molecule has 1 fully saturated rings. The third-order valence-electron chi connectivity index (χ3n) is 3.98. The molecular weight excluding hydrogens is 210 g/mol. The fourth-order valence-corrected chi connectivity index (χ4v) is 2.47. The highest BCUT2D eigenvalue weighted by Gasteiger charge is 2.48. The minimum Gasteiger partial charge on any atom is -0.377 e. The zero-order chi connectivity index (χ0) is 12.9. The first kappa shape index (κ1) is 15.0. The molecule has 1 rings (SSSR count). The van der Waals surface area contributed by atoms with Crippen molar-refractivity contribution >= 4 is 0 Å². The predicted octanol–water partition coefficient (Wildman–Crippen LogP) is 3.61. The van der Waals surface area contributed by atoms with Crippen molar-refractivity contribution in [1.29, 1.82) is 0 Å². The number of nitrogens with one attached hydrogen (secondary N) is 1. The molecule has 0 amide bonds. The molecule has 2 atom stereocenters. The number of hydrogen-bond donors (Lipinski definition) is 1. The Morgan fingerprint density at radius 2 is 2.00 bits per heavy atom. The lowest BCUT2D eigenvalue weighted by Gasteiger charge is -2.52. The first-order valence-corrected chi connectivity index (χ1v) is 7.33. The molecule has 0 aromatic rings. The second-order valence-corrected chi connectivity index (χ2v) is 6.49. The molecule has 1 aliphatic carbocycles. The first-order chi connectivity index (χ1) is 7.98. The molecule has 0 spiro atoms. The standard InChI is InChI=1S/C15H31NO/c1-6-7-8-9-16-13-10-14(15(13,4)5)17-11-12(2)3/h12-14,16H,6-11H2,1-5H3. The number of ether oxygens (including phenoxy) is 1. The van der Waals surface area contributed by atoms with Crippen LogP contribution in [0.2, 0.25) is 0 Å². The van der Waals surface area contributed by atoms with E-state index in [1.54, 1.807) is 0 Å². The SMILES string of the molecule is CCCCCNC1CC(OCC(C)C)C1(C)C. The van der Waals surface area contributed by atoms with Gasteiger partial charge in [-0.05, 0) is 25.3 Å². The summed E-state index contributed by atoms with van der Waals surface area (Å²) in [7, 11) is 0. The lowest BCUT2D eigenvalue weighted by atomic mass is 9.64. The molecule has 1 saturated carbocycles. The average molecular weight is 241 g/mol. The van der Waals surface area contributed by atoms with Crippen LogP contribution in [-0.4, -0.2) is 25.3 Å². The Labute approximate surface area is 108 Å². The van der Waals surface area contributed by atoms with E-state index in [-0.39, 0.29) is 0 Å². The molecule has 0 saturated heterocycles. The van der Waals surface area contributed by atoms with Gasteiger partial charge in [0.1, 0.15) is 0 Å². The van der Waals surface area contributed by atoms with Gasteiger partial charge in [-0.3, -0.25) is 0 Å². The van der Waals surface area contributed by atoms with Crippen molar-refractivity contribution in [1.82, 2.24) is 5.32 Å². The summed E-state index contributed by atoms with van der Waals surface area (Å²) in [5.41, 5.74) is 0.307. The van der Waals surface area contributed by atoms with Crippen LogP contribution in [-0.2, 0) is 4.74 Å². The predicted molar refractivity (Wildman–Crippen MR) is 74.3 cm³/mol. The Balaban J connectivity index is 2.19. The topological polar surface area (TPSA) is 21.3 Å². The van der Waals surface area contributed by atoms with Gasteiger partial charge in [-0.2, -0.15) is 0 Å². The summed E-state index contributed by atoms with van der Waals surface area (Å²) in [4.78, 5) is 0. The fourth-order valence-electron chi connectivity index (χ4n) is 2.47. The minimum atomic E-state index is 0.307. The maximum Gasteiger partial charge on any atom is 0.0656 e. The smallest absolute Gasteiger partial charge is 0.0656 e. The molecule has 2 unspecified atom stereocenters. The van der Waals surface area contributed by atoms with Crippen molar-refractivity contribution in [3.8, 4) is 0 Å². The van der Waals surface area contributed by atoms with Crippen LogP contribution < -0.4 is 5.32 Å². The second-order valence-electron chi connectivity index (χ2n) is 6.49. The van der Waals surface area contributed by atoms with Crippen LogP contribution >= 0.6 is 0 Å². The molecule has 0 heterocycles. The maximum atomic E-state index is 5.97. The molecule has 1 N–H and O–H groups in total. The summed E-state index contributed by atoms with van der Waals surface area (Å²) in [6.45, 7) is 13.4. The van der Waals surface area contributed by atoms with Gasteiger partial charge in [0.15, 0.2) is 0 Å². The van der Waals surface area contributed by atoms with Crippen LogP contribution in [0.25, 0.3) is 0 Å². The van der Waals surface area contributed by atoms with E-state index in [0.29, 0.717) is 23.5 Å². The van der Waals surface area contributed by atoms with E-state index >= 15 is 0 Å². The highest BCUT2D eigenvalue weighted by molar-refractivity contribution is 5.02. The molecule has 2 heteroatoms. The van der Waals surface area contributed by atoms with Crippen LogP contribution in [0.1, 0.15) is 60.3 Å². The van der Waals surface area contributed by atoms with Gasteiger partial charge in [-0.1, -0.05) is 47.5 Å². The third kappa shape index (κ3) is 4.26. The Hall–Kier alpha value is -0.0800. The highest BCUT2D eigenvalue weighted by Crippen LogP contribution is 2.42. The largest absolute Gasteiger partial charge is 0.377 e. The molecular formula is C15H31NO. The summed E-state index contributed by atoms with van der Waals surface area (Å²) >= 11 is 0. The molecule has 2 nitrogen and oxygen atoms in total. The highest BCUT2D eigenvalue weighted by atomic mass is 16.5. The Bertz CT molecular complexity index is 213. The number of rotatable bonds is 8. The molecule has 0 aliphatic heterocycles. The lowest BCUT2D eigenvalue weighted by Crippen LogP contribution is -2.61. The summed E-state index contributed by atoms with van der Waals surface area (Å²) in [5, 5.41) is 3.68. The van der Waals surface area contributed by atoms with E-state index in [1.807, 2.05) is 0 Å². The third-order valence-corrected chi connectivity index (χ3v) is 3.98. The van der Waals surface area contributed by atoms with E-state index in [2.05, 4.69) is 39.9 Å². The monoisotopic (exact) mass is 241 g/mol. The molecule has 102 valence electrons. The minimum absolute atomic E-state index is 0.307. The molecule has 0 aromatic heterocycles. The van der Waals surface area contributed by atoms with Crippen molar-refractivity contribution in [3.63, 3.8) is 0 Å². The number of hydrogen-bond acceptors (Lipinski definition) is 2. The summed E-state index contributed by atoms with van der Waals surface area (Å²) in [5.74, 6) is 0.641. The van der Waals surface area contributed by atoms with Crippen LogP contribution in [0.15, 0.2) is 0 Å². The Morgan fingerprint density at radius 1 is 1.29 bits per heavy atom. The zero-order valence-electron chi connectivity index (χ0n) is 12.4. The molecule has 1 aliphatic rings. The lowest BCUT2D eigenvalue weighted by molar-refractivity contribution is -0.123. The molecule has 0 radical (unpaired) electrons. The van der Waals surface area contributed by atoms with E-state index in [4.69, 9.17) is 4.74 Å². The summed E-state index contributed by atoms with van der Waals surface area (Å²) in [6.07, 6.45) is 5.59. The van der Waals surface area contributed by atoms with Crippen LogP contribution in [0.4, 0.5) is 0 Å². The first-order valence-electron chi connectivity index (χ1n) is 7.33. The normalized spacial score (nSPS) is 27.2. The quantitative estimate of drug-likeness (QED) is 0.656. The number of unbranched alkanes of at least 4 members (excludes halogenated alkanes) is 2. The van der Waals surface area contributed by atoms with Gasteiger partial charge in [0.25, 0.3) is 0 Å². The van der Waals surface area contributed by atoms with Gasteiger partial charge in [-0.15, -0.1) is 0 Å². The Kier molecular flexibility index (Phi) is 5.94. The van der Waals surface area contributed by atoms with Crippen LogP contribution in [0.5, 0.6) is 0 Å². The second kappa shape index (κ2) is 6.75. The van der Waals surface area contributed by atoms with E-state index in [1.165, 1.54) is 32.2 Å². The molecule has 0 aromatic carbocycles. The molecule has 0 bridgehead atoms. The van der Waals surface area contributed by atoms with Crippen molar-refractivity contribution in [2.24, 2.45) is 11.3 Å². The van der Waals surface area contributed by atoms with Crippen LogP contribution in [0, 0.1) is 11.3 Å². The van der Waals surface area contributed by atoms with Gasteiger partial charge in [-0.25, -0.2) is 0 Å². The van der Waals surface area contributed by atoms with E-state index in [0.717, 1.165) is 6.61 Å². The van der Waals surface area contributed by atoms with E-state index < -0.39 is 0 Å². The van der Waals surface area contributed by atoms with Gasteiger partial charge in [0.05, 0.1) is 6.10 Å². The summed E-state index contributed by atoms with van der Waals surface area (Å²) in [6, 6.07) is 0.650. The average Bonchev–Trinajstić information content (AvgIpc) is 2.25. The Morgan fingerprint density at radius 3 is 2.53 bits per heavy atom.